The van der Waals surface area contributed by atoms with E-state index in [1.807, 2.05) is 45.0 Å². The summed E-state index contributed by atoms with van der Waals surface area (Å²) in [5.41, 5.74) is 1.42. The molecule has 0 heterocycles. The number of rotatable bonds is 8. The van der Waals surface area contributed by atoms with Crippen LogP contribution in [0.25, 0.3) is 0 Å². The van der Waals surface area contributed by atoms with Gasteiger partial charge in [0.1, 0.15) is 5.75 Å². The van der Waals surface area contributed by atoms with Crippen molar-refractivity contribution in [1.82, 2.24) is 0 Å². The molecular weight excluding hydrogens is 360 g/mol. The van der Waals surface area contributed by atoms with Crippen LogP contribution in [0.3, 0.4) is 0 Å². The Kier molecular flexibility index (Phi) is 7.73. The third-order valence-corrected chi connectivity index (χ3v) is 4.88. The molecule has 0 spiro atoms. The molecule has 5 nitrogen and oxygen atoms in total. The zero-order valence-electron chi connectivity index (χ0n) is 16.1. The fourth-order valence-corrected chi connectivity index (χ4v) is 3.24. The molecule has 2 N–H and O–H groups in total. The van der Waals surface area contributed by atoms with Gasteiger partial charge in [-0.1, -0.05) is 13.8 Å². The van der Waals surface area contributed by atoms with Gasteiger partial charge in [-0.25, -0.2) is 0 Å². The first-order valence-corrected chi connectivity index (χ1v) is 9.77. The second-order valence-electron chi connectivity index (χ2n) is 6.65. The van der Waals surface area contributed by atoms with Crippen molar-refractivity contribution < 1.29 is 14.3 Å². The Morgan fingerprint density at radius 3 is 2.00 bits per heavy atom. The van der Waals surface area contributed by atoms with E-state index in [0.29, 0.717) is 18.0 Å². The third-order valence-electron chi connectivity index (χ3n) is 3.77. The molecule has 144 valence electrons. The van der Waals surface area contributed by atoms with E-state index < -0.39 is 0 Å². The normalized spacial score (nSPS) is 11.7. The molecule has 2 amide bonds. The number of anilines is 2. The van der Waals surface area contributed by atoms with Gasteiger partial charge in [-0.05, 0) is 61.4 Å². The molecule has 0 saturated carbocycles. The Balaban J connectivity index is 1.87. The van der Waals surface area contributed by atoms with E-state index in [0.717, 1.165) is 16.3 Å². The van der Waals surface area contributed by atoms with Gasteiger partial charge in [0.2, 0.25) is 11.8 Å². The molecule has 0 aliphatic carbocycles. The maximum absolute atomic E-state index is 12.4. The van der Waals surface area contributed by atoms with Crippen molar-refractivity contribution in [3.63, 3.8) is 0 Å². The smallest absolute Gasteiger partial charge is 0.237 e. The molecule has 0 aromatic heterocycles. The van der Waals surface area contributed by atoms with Crippen molar-refractivity contribution in [3.05, 3.63) is 48.5 Å². The van der Waals surface area contributed by atoms with Crippen molar-refractivity contribution in [2.75, 3.05) is 17.7 Å². The van der Waals surface area contributed by atoms with E-state index in [1.165, 1.54) is 11.8 Å². The van der Waals surface area contributed by atoms with Crippen molar-refractivity contribution in [2.24, 2.45) is 5.92 Å². The Hall–Kier alpha value is -2.47. The van der Waals surface area contributed by atoms with Gasteiger partial charge in [0.05, 0.1) is 12.4 Å². The number of amides is 2. The number of methoxy groups -OCH3 is 1. The van der Waals surface area contributed by atoms with E-state index in [9.17, 15) is 9.59 Å². The molecule has 1 atom stereocenters. The summed E-state index contributed by atoms with van der Waals surface area (Å²) in [5, 5.41) is 5.51. The van der Waals surface area contributed by atoms with Crippen molar-refractivity contribution >= 4 is 35.0 Å². The lowest BCUT2D eigenvalue weighted by molar-refractivity contribution is -0.117. The van der Waals surface area contributed by atoms with Crippen LogP contribution in [0.5, 0.6) is 5.75 Å². The van der Waals surface area contributed by atoms with Gasteiger partial charge >= 0.3 is 0 Å². The van der Waals surface area contributed by atoms with E-state index >= 15 is 0 Å². The van der Waals surface area contributed by atoms with Crippen LogP contribution in [0.1, 0.15) is 27.2 Å². The zero-order valence-corrected chi connectivity index (χ0v) is 16.9. The van der Waals surface area contributed by atoms with Crippen LogP contribution < -0.4 is 15.4 Å². The Labute approximate surface area is 164 Å². The van der Waals surface area contributed by atoms with Gasteiger partial charge in [0.15, 0.2) is 0 Å². The lowest BCUT2D eigenvalue weighted by atomic mass is 10.1. The first-order valence-electron chi connectivity index (χ1n) is 8.89. The molecule has 0 saturated heterocycles. The lowest BCUT2D eigenvalue weighted by Crippen LogP contribution is -2.22. The monoisotopic (exact) mass is 386 g/mol. The number of hydrogen-bond donors (Lipinski definition) is 2. The Bertz CT molecular complexity index is 758. The number of hydrogen-bond acceptors (Lipinski definition) is 4. The summed E-state index contributed by atoms with van der Waals surface area (Å²) < 4.78 is 5.14. The van der Waals surface area contributed by atoms with Crippen LogP contribution in [-0.4, -0.2) is 24.2 Å². The highest BCUT2D eigenvalue weighted by atomic mass is 32.2. The molecule has 2 rings (SSSR count). The summed E-state index contributed by atoms with van der Waals surface area (Å²) >= 11 is 1.48. The molecule has 0 radical (unpaired) electrons. The largest absolute Gasteiger partial charge is 0.497 e. The summed E-state index contributed by atoms with van der Waals surface area (Å²) in [4.78, 5) is 25.2. The van der Waals surface area contributed by atoms with Gasteiger partial charge in [-0.15, -0.1) is 11.8 Å². The highest BCUT2D eigenvalue weighted by molar-refractivity contribution is 8.00. The van der Waals surface area contributed by atoms with Gasteiger partial charge < -0.3 is 15.4 Å². The molecule has 2 aromatic rings. The van der Waals surface area contributed by atoms with Crippen LogP contribution in [0.2, 0.25) is 0 Å². The first-order chi connectivity index (χ1) is 12.9. The summed E-state index contributed by atoms with van der Waals surface area (Å²) in [6.45, 7) is 5.87. The number of carbonyl (C=O) groups is 2. The summed E-state index contributed by atoms with van der Waals surface area (Å²) in [5.74, 6) is 1.02. The first kappa shape index (κ1) is 20.8. The van der Waals surface area contributed by atoms with Gasteiger partial charge in [-0.3, -0.25) is 9.59 Å². The van der Waals surface area contributed by atoms with Crippen LogP contribution in [0.15, 0.2) is 53.4 Å². The third kappa shape index (κ3) is 6.98. The minimum Gasteiger partial charge on any atom is -0.497 e. The second-order valence-corrected chi connectivity index (χ2v) is 8.06. The number of thioether (sulfide) groups is 1. The van der Waals surface area contributed by atoms with E-state index in [2.05, 4.69) is 10.6 Å². The Morgan fingerprint density at radius 1 is 0.926 bits per heavy atom. The quantitative estimate of drug-likeness (QED) is 0.640. The lowest BCUT2D eigenvalue weighted by Gasteiger charge is -2.13. The van der Waals surface area contributed by atoms with E-state index in [4.69, 9.17) is 4.74 Å². The highest BCUT2D eigenvalue weighted by Crippen LogP contribution is 2.26. The predicted molar refractivity (Wildman–Crippen MR) is 111 cm³/mol. The van der Waals surface area contributed by atoms with Gasteiger partial charge in [-0.2, -0.15) is 0 Å². The molecule has 0 aliphatic heterocycles. The molecule has 0 aliphatic rings. The predicted octanol–water partition coefficient (Wildman–Crippen LogP) is 4.80. The number of carbonyl (C=O) groups excluding carboxylic acids is 2. The van der Waals surface area contributed by atoms with E-state index in [-0.39, 0.29) is 17.1 Å². The number of nitrogens with one attached hydrogen (secondary N) is 2. The summed E-state index contributed by atoms with van der Waals surface area (Å²) in [7, 11) is 1.62. The van der Waals surface area contributed by atoms with Gasteiger partial charge in [0, 0.05) is 22.7 Å². The topological polar surface area (TPSA) is 67.4 Å². The minimum atomic E-state index is -0.246. The van der Waals surface area contributed by atoms with Crippen LogP contribution >= 0.6 is 11.8 Å². The molecule has 27 heavy (non-hydrogen) atoms. The molecule has 1 unspecified atom stereocenters. The average Bonchev–Trinajstić information content (AvgIpc) is 2.63. The molecule has 2 aromatic carbocycles. The van der Waals surface area contributed by atoms with Crippen LogP contribution in [0, 0.1) is 5.92 Å². The van der Waals surface area contributed by atoms with Gasteiger partial charge in [0.25, 0.3) is 0 Å². The second kappa shape index (κ2) is 10.0. The number of benzene rings is 2. The Morgan fingerprint density at radius 2 is 1.48 bits per heavy atom. The van der Waals surface area contributed by atoms with Crippen molar-refractivity contribution in [3.8, 4) is 5.75 Å². The minimum absolute atomic E-state index is 0.00806. The van der Waals surface area contributed by atoms with E-state index in [1.54, 1.807) is 31.4 Å². The zero-order chi connectivity index (χ0) is 19.8. The highest BCUT2D eigenvalue weighted by Gasteiger charge is 2.15. The molecule has 6 heteroatoms. The maximum atomic E-state index is 12.4. The molecular formula is C21H26N2O3S. The standard InChI is InChI=1S/C21H26N2O3S/c1-14(2)13-20(24)22-16-5-7-17(8-6-16)23-21(25)15(3)27-19-11-9-18(26-4)10-12-19/h5-12,14-15H,13H2,1-4H3,(H,22,24)(H,23,25). The van der Waals surface area contributed by atoms with Crippen molar-refractivity contribution in [1.29, 1.82) is 0 Å². The van der Waals surface area contributed by atoms with Crippen LogP contribution in [0.4, 0.5) is 11.4 Å². The fourth-order valence-electron chi connectivity index (χ4n) is 2.38. The number of ether oxygens (including phenoxy) is 1. The molecule has 0 fully saturated rings. The molecule has 0 bridgehead atoms. The fraction of sp³-hybridized carbons (Fsp3) is 0.333. The van der Waals surface area contributed by atoms with Crippen LogP contribution in [-0.2, 0) is 9.59 Å². The maximum Gasteiger partial charge on any atom is 0.237 e. The van der Waals surface area contributed by atoms with Crippen molar-refractivity contribution in [2.45, 2.75) is 37.3 Å². The SMILES string of the molecule is COc1ccc(SC(C)C(=O)Nc2ccc(NC(=O)CC(C)C)cc2)cc1. The average molecular weight is 387 g/mol. The summed E-state index contributed by atoms with van der Waals surface area (Å²) in [6, 6.07) is 14.8. The summed E-state index contributed by atoms with van der Waals surface area (Å²) in [6.07, 6.45) is 0.485.